The van der Waals surface area contributed by atoms with Crippen LogP contribution < -0.4 is 0 Å². The summed E-state index contributed by atoms with van der Waals surface area (Å²) in [5.74, 6) is -2.16. The molecule has 1 N–H and O–H groups in total. The predicted octanol–water partition coefficient (Wildman–Crippen LogP) is 2.26. The fourth-order valence-corrected chi connectivity index (χ4v) is 2.28. The van der Waals surface area contributed by atoms with Crippen molar-refractivity contribution in [3.63, 3.8) is 0 Å². The molecule has 19 heavy (non-hydrogen) atoms. The van der Waals surface area contributed by atoms with E-state index in [4.69, 9.17) is 5.11 Å². The zero-order valence-electron chi connectivity index (χ0n) is 9.98. The van der Waals surface area contributed by atoms with Gasteiger partial charge in [-0.3, -0.25) is 4.79 Å². The SMILES string of the molecule is CC(C(=O)O)C1CC=C(OS(=O)(=O)C(F)(F)F)CC1. The van der Waals surface area contributed by atoms with Crippen molar-refractivity contribution < 1.29 is 35.7 Å². The molecule has 1 aliphatic carbocycles. The van der Waals surface area contributed by atoms with Gasteiger partial charge in [-0.15, -0.1) is 0 Å². The van der Waals surface area contributed by atoms with E-state index in [0.717, 1.165) is 0 Å². The lowest BCUT2D eigenvalue weighted by Gasteiger charge is -2.24. The standard InChI is InChI=1S/C10H13F3O5S/c1-6(9(14)15)7-2-4-8(5-3-7)18-19(16,17)10(11,12)13/h4,6-7H,2-3,5H2,1H3,(H,14,15). The minimum Gasteiger partial charge on any atom is -0.481 e. The molecule has 110 valence electrons. The first kappa shape index (κ1) is 15.8. The van der Waals surface area contributed by atoms with Gasteiger partial charge in [0.05, 0.1) is 5.92 Å². The summed E-state index contributed by atoms with van der Waals surface area (Å²) in [5.41, 5.74) is -5.46. The summed E-state index contributed by atoms with van der Waals surface area (Å²) in [5, 5.41) is 8.80. The largest absolute Gasteiger partial charge is 0.534 e. The van der Waals surface area contributed by atoms with E-state index in [0.29, 0.717) is 0 Å². The Bertz CT molecular complexity index is 480. The number of rotatable bonds is 4. The first-order valence-corrected chi connectivity index (χ1v) is 6.88. The van der Waals surface area contributed by atoms with Crippen molar-refractivity contribution in [2.24, 2.45) is 11.8 Å². The Kier molecular flexibility index (Phi) is 4.49. The third-order valence-corrected chi connectivity index (χ3v) is 4.01. The van der Waals surface area contributed by atoms with Crippen molar-refractivity contribution in [1.29, 1.82) is 0 Å². The van der Waals surface area contributed by atoms with Gasteiger partial charge in [-0.1, -0.05) is 6.92 Å². The number of hydrogen-bond acceptors (Lipinski definition) is 4. The number of allylic oxidation sites excluding steroid dienone is 2. The van der Waals surface area contributed by atoms with E-state index < -0.39 is 27.5 Å². The van der Waals surface area contributed by atoms with Crippen LogP contribution in [-0.4, -0.2) is 25.0 Å². The molecule has 0 aromatic carbocycles. The molecule has 1 rings (SSSR count). The van der Waals surface area contributed by atoms with Crippen molar-refractivity contribution in [1.82, 2.24) is 0 Å². The molecular formula is C10H13F3O5S. The first-order chi connectivity index (χ1) is 8.54. The van der Waals surface area contributed by atoms with Crippen molar-refractivity contribution >= 4 is 16.1 Å². The molecule has 0 fully saturated rings. The number of carboxylic acid groups (broad SMARTS) is 1. The molecule has 0 heterocycles. The second-order valence-electron chi connectivity index (χ2n) is 4.32. The van der Waals surface area contributed by atoms with Crippen LogP contribution in [0.3, 0.4) is 0 Å². The Hall–Kier alpha value is -1.25. The van der Waals surface area contributed by atoms with Gasteiger partial charge in [0.15, 0.2) is 0 Å². The Morgan fingerprint density at radius 2 is 2.11 bits per heavy atom. The molecule has 2 unspecified atom stereocenters. The number of carboxylic acids is 1. The van der Waals surface area contributed by atoms with Crippen molar-refractivity contribution in [3.05, 3.63) is 11.8 Å². The van der Waals surface area contributed by atoms with Gasteiger partial charge in [0.25, 0.3) is 0 Å². The summed E-state index contributed by atoms with van der Waals surface area (Å²) in [6, 6.07) is 0. The Labute approximate surface area is 108 Å². The van der Waals surface area contributed by atoms with Crippen LogP contribution in [0.15, 0.2) is 11.8 Å². The van der Waals surface area contributed by atoms with Crippen LogP contribution in [0.2, 0.25) is 0 Å². The van der Waals surface area contributed by atoms with Gasteiger partial charge in [-0.2, -0.15) is 21.6 Å². The van der Waals surface area contributed by atoms with E-state index in [2.05, 4.69) is 4.18 Å². The third kappa shape index (κ3) is 3.85. The van der Waals surface area contributed by atoms with E-state index in [1.807, 2.05) is 0 Å². The third-order valence-electron chi connectivity index (χ3n) is 3.01. The van der Waals surface area contributed by atoms with Crippen LogP contribution in [0.1, 0.15) is 26.2 Å². The van der Waals surface area contributed by atoms with Gasteiger partial charge in [-0.25, -0.2) is 0 Å². The number of halogens is 3. The minimum absolute atomic E-state index is 0.0302. The number of aliphatic carboxylic acids is 1. The molecule has 9 heteroatoms. The highest BCUT2D eigenvalue weighted by Crippen LogP contribution is 2.33. The quantitative estimate of drug-likeness (QED) is 0.636. The van der Waals surface area contributed by atoms with Crippen LogP contribution >= 0.6 is 0 Å². The summed E-state index contributed by atoms with van der Waals surface area (Å²) in [6.45, 7) is 1.50. The van der Waals surface area contributed by atoms with E-state index in [9.17, 15) is 26.4 Å². The molecule has 0 radical (unpaired) electrons. The van der Waals surface area contributed by atoms with Gasteiger partial charge < -0.3 is 9.29 Å². The maximum atomic E-state index is 12.1. The second-order valence-corrected chi connectivity index (χ2v) is 5.85. The topological polar surface area (TPSA) is 80.7 Å². The summed E-state index contributed by atoms with van der Waals surface area (Å²) >= 11 is 0. The number of carbonyl (C=O) groups is 1. The Balaban J connectivity index is 2.69. The lowest BCUT2D eigenvalue weighted by molar-refractivity contribution is -0.143. The van der Waals surface area contributed by atoms with Crippen molar-refractivity contribution in [2.45, 2.75) is 31.7 Å². The Morgan fingerprint density at radius 3 is 2.47 bits per heavy atom. The first-order valence-electron chi connectivity index (χ1n) is 5.47. The number of alkyl halides is 3. The maximum absolute atomic E-state index is 12.1. The van der Waals surface area contributed by atoms with Crippen LogP contribution in [-0.2, 0) is 19.1 Å². The average Bonchev–Trinajstić information content (AvgIpc) is 2.27. The van der Waals surface area contributed by atoms with Crippen LogP contribution in [0.5, 0.6) is 0 Å². The molecule has 0 aliphatic heterocycles. The van der Waals surface area contributed by atoms with Crippen molar-refractivity contribution in [2.75, 3.05) is 0 Å². The van der Waals surface area contributed by atoms with Gasteiger partial charge in [0.1, 0.15) is 5.76 Å². The van der Waals surface area contributed by atoms with Crippen molar-refractivity contribution in [3.8, 4) is 0 Å². The fraction of sp³-hybridized carbons (Fsp3) is 0.700. The summed E-state index contributed by atoms with van der Waals surface area (Å²) in [6.07, 6.45) is 1.62. The highest BCUT2D eigenvalue weighted by molar-refractivity contribution is 7.87. The number of hydrogen-bond donors (Lipinski definition) is 1. The summed E-state index contributed by atoms with van der Waals surface area (Å²) < 4.78 is 61.8. The lowest BCUT2D eigenvalue weighted by atomic mass is 9.83. The van der Waals surface area contributed by atoms with Crippen LogP contribution in [0.4, 0.5) is 13.2 Å². The van der Waals surface area contributed by atoms with E-state index in [-0.39, 0.29) is 30.9 Å². The normalized spacial score (nSPS) is 22.5. The van der Waals surface area contributed by atoms with Gasteiger partial charge in [0, 0.05) is 6.42 Å². The molecule has 0 saturated heterocycles. The smallest absolute Gasteiger partial charge is 0.481 e. The fourth-order valence-electron chi connectivity index (χ4n) is 1.75. The lowest BCUT2D eigenvalue weighted by Crippen LogP contribution is -2.27. The molecular weight excluding hydrogens is 289 g/mol. The zero-order valence-corrected chi connectivity index (χ0v) is 10.8. The van der Waals surface area contributed by atoms with E-state index in [1.54, 1.807) is 0 Å². The monoisotopic (exact) mass is 302 g/mol. The summed E-state index contributed by atoms with van der Waals surface area (Å²) in [4.78, 5) is 10.7. The molecule has 0 aromatic rings. The summed E-state index contributed by atoms with van der Waals surface area (Å²) in [7, 11) is -5.64. The molecule has 2 atom stereocenters. The molecule has 0 amide bonds. The Morgan fingerprint density at radius 1 is 1.53 bits per heavy atom. The van der Waals surface area contributed by atoms with Gasteiger partial charge in [0.2, 0.25) is 0 Å². The molecule has 0 spiro atoms. The second kappa shape index (κ2) is 5.40. The predicted molar refractivity (Wildman–Crippen MR) is 58.3 cm³/mol. The average molecular weight is 302 g/mol. The molecule has 0 aromatic heterocycles. The zero-order chi connectivity index (χ0) is 14.8. The van der Waals surface area contributed by atoms with Crippen LogP contribution in [0.25, 0.3) is 0 Å². The molecule has 5 nitrogen and oxygen atoms in total. The maximum Gasteiger partial charge on any atom is 0.534 e. The molecule has 0 saturated carbocycles. The molecule has 0 bridgehead atoms. The van der Waals surface area contributed by atoms with Crippen LogP contribution in [0, 0.1) is 11.8 Å². The van der Waals surface area contributed by atoms with E-state index in [1.165, 1.54) is 13.0 Å². The highest BCUT2D eigenvalue weighted by atomic mass is 32.2. The minimum atomic E-state index is -5.64. The highest BCUT2D eigenvalue weighted by Gasteiger charge is 2.49. The van der Waals surface area contributed by atoms with E-state index >= 15 is 0 Å². The molecule has 1 aliphatic rings. The van der Waals surface area contributed by atoms with Gasteiger partial charge >= 0.3 is 21.6 Å². The van der Waals surface area contributed by atoms with Gasteiger partial charge in [-0.05, 0) is 24.8 Å².